The predicted molar refractivity (Wildman–Crippen MR) is 91.4 cm³/mol. The highest BCUT2D eigenvalue weighted by Gasteiger charge is 2.51. The Kier molecular flexibility index (Phi) is 3.99. The van der Waals surface area contributed by atoms with E-state index in [4.69, 9.17) is 27.0 Å². The fraction of sp³-hybridized carbons (Fsp3) is 0.353. The lowest BCUT2D eigenvalue weighted by Crippen LogP contribution is -2.41. The lowest BCUT2D eigenvalue weighted by molar-refractivity contribution is 0.00578. The Hall–Kier alpha value is -1.63. The second kappa shape index (κ2) is 6.03. The Bertz CT molecular complexity index is 802. The van der Waals surface area contributed by atoms with Crippen molar-refractivity contribution >= 4 is 24.2 Å². The lowest BCUT2D eigenvalue weighted by atomic mass is 9.79. The van der Waals surface area contributed by atoms with Crippen molar-refractivity contribution in [2.75, 3.05) is 0 Å². The highest BCUT2D eigenvalue weighted by molar-refractivity contribution is 6.62. The summed E-state index contributed by atoms with van der Waals surface area (Å²) < 4.78 is 39.2. The minimum absolute atomic E-state index is 0.00510. The summed E-state index contributed by atoms with van der Waals surface area (Å²) in [4.78, 5) is 3.84. The molecule has 0 aliphatic carbocycles. The SMILES string of the molecule is [2H]c1nc(Oc2ccc(B3OC(C)(C)C(C)(C)O3)cc2F)ccc1Cl. The monoisotopic (exact) mass is 350 g/mol. The van der Waals surface area contributed by atoms with Gasteiger partial charge in [-0.05, 0) is 51.4 Å². The minimum atomic E-state index is -0.651. The normalized spacial score (nSPS) is 19.2. The van der Waals surface area contributed by atoms with Gasteiger partial charge in [0.15, 0.2) is 11.6 Å². The van der Waals surface area contributed by atoms with E-state index in [2.05, 4.69) is 4.98 Å². The quantitative estimate of drug-likeness (QED) is 0.786. The molecule has 1 aliphatic heterocycles. The third kappa shape index (κ3) is 3.27. The van der Waals surface area contributed by atoms with E-state index in [1.807, 2.05) is 27.7 Å². The molecular formula is C17H18BClFNO3. The highest BCUT2D eigenvalue weighted by atomic mass is 35.5. The molecule has 0 unspecified atom stereocenters. The van der Waals surface area contributed by atoms with Crippen LogP contribution in [0.15, 0.2) is 36.5 Å². The van der Waals surface area contributed by atoms with Crippen LogP contribution in [0.25, 0.3) is 0 Å². The Morgan fingerprint density at radius 3 is 2.42 bits per heavy atom. The number of aromatic nitrogens is 1. The van der Waals surface area contributed by atoms with Gasteiger partial charge < -0.3 is 14.0 Å². The van der Waals surface area contributed by atoms with Gasteiger partial charge >= 0.3 is 7.12 Å². The van der Waals surface area contributed by atoms with Crippen molar-refractivity contribution in [3.8, 4) is 11.6 Å². The highest BCUT2D eigenvalue weighted by Crippen LogP contribution is 2.36. The van der Waals surface area contributed by atoms with Gasteiger partial charge in [-0.3, -0.25) is 0 Å². The number of nitrogens with zero attached hydrogens (tertiary/aromatic N) is 1. The van der Waals surface area contributed by atoms with Crippen molar-refractivity contribution in [2.24, 2.45) is 0 Å². The average molecular weight is 351 g/mol. The zero-order chi connectivity index (χ0) is 18.4. The zero-order valence-electron chi connectivity index (χ0n) is 14.9. The minimum Gasteiger partial charge on any atom is -0.436 e. The number of hydrogen-bond acceptors (Lipinski definition) is 4. The van der Waals surface area contributed by atoms with Crippen molar-refractivity contribution in [1.82, 2.24) is 4.98 Å². The van der Waals surface area contributed by atoms with E-state index in [0.29, 0.717) is 5.46 Å². The van der Waals surface area contributed by atoms with Gasteiger partial charge in [-0.2, -0.15) is 0 Å². The van der Waals surface area contributed by atoms with Gasteiger partial charge in [0.1, 0.15) is 0 Å². The van der Waals surface area contributed by atoms with E-state index in [0.717, 1.165) is 0 Å². The molecule has 3 rings (SSSR count). The first-order chi connectivity index (χ1) is 11.6. The molecule has 1 aliphatic rings. The van der Waals surface area contributed by atoms with Gasteiger partial charge in [-0.15, -0.1) is 0 Å². The standard InChI is InChI=1S/C17H18BClFNO3/c1-16(2)17(3,4)24-18(23-16)11-5-7-14(13(20)9-11)22-15-8-6-12(19)10-21-15/h5-10H,1-4H3/i10D. The van der Waals surface area contributed by atoms with Gasteiger partial charge in [-0.1, -0.05) is 17.7 Å². The molecule has 1 saturated heterocycles. The Labute approximate surface area is 147 Å². The van der Waals surface area contributed by atoms with Gasteiger partial charge in [-0.25, -0.2) is 9.37 Å². The Balaban J connectivity index is 1.81. The first-order valence-electron chi connectivity index (χ1n) is 8.05. The van der Waals surface area contributed by atoms with Crippen LogP contribution in [-0.4, -0.2) is 23.3 Å². The average Bonchev–Trinajstić information content (AvgIpc) is 2.73. The predicted octanol–water partition coefficient (Wildman–Crippen LogP) is 3.97. The van der Waals surface area contributed by atoms with E-state index >= 15 is 0 Å². The van der Waals surface area contributed by atoms with Crippen LogP contribution >= 0.6 is 11.6 Å². The second-order valence-electron chi connectivity index (χ2n) is 6.62. The summed E-state index contributed by atoms with van der Waals surface area (Å²) in [6, 6.07) is 7.42. The van der Waals surface area contributed by atoms with Gasteiger partial charge in [0.25, 0.3) is 0 Å². The number of pyridine rings is 1. The molecule has 4 nitrogen and oxygen atoms in total. The Morgan fingerprint density at radius 1 is 1.17 bits per heavy atom. The third-order valence-electron chi connectivity index (χ3n) is 4.34. The van der Waals surface area contributed by atoms with Crippen molar-refractivity contribution in [2.45, 2.75) is 38.9 Å². The summed E-state index contributed by atoms with van der Waals surface area (Å²) in [5.74, 6) is -0.485. The number of ether oxygens (including phenoxy) is 1. The van der Waals surface area contributed by atoms with Crippen LogP contribution in [0, 0.1) is 5.82 Å². The van der Waals surface area contributed by atoms with Crippen molar-refractivity contribution in [1.29, 1.82) is 0 Å². The fourth-order valence-electron chi connectivity index (χ4n) is 2.22. The molecule has 1 aromatic heterocycles. The molecule has 2 heterocycles. The summed E-state index contributed by atoms with van der Waals surface area (Å²) in [6.07, 6.45) is -0.131. The van der Waals surface area contributed by atoms with E-state index < -0.39 is 24.1 Å². The van der Waals surface area contributed by atoms with Crippen LogP contribution in [0.3, 0.4) is 0 Å². The summed E-state index contributed by atoms with van der Waals surface area (Å²) in [5.41, 5.74) is -0.434. The summed E-state index contributed by atoms with van der Waals surface area (Å²) in [7, 11) is -0.651. The van der Waals surface area contributed by atoms with Crippen molar-refractivity contribution < 1.29 is 19.8 Å². The van der Waals surface area contributed by atoms with Crippen LogP contribution in [-0.2, 0) is 9.31 Å². The van der Waals surface area contributed by atoms with Gasteiger partial charge in [0.05, 0.1) is 17.6 Å². The number of hydrogen-bond donors (Lipinski definition) is 0. The van der Waals surface area contributed by atoms with Crippen LogP contribution in [0.1, 0.15) is 29.1 Å². The molecular weight excluding hydrogens is 331 g/mol. The lowest BCUT2D eigenvalue weighted by Gasteiger charge is -2.32. The fourth-order valence-corrected chi connectivity index (χ4v) is 2.33. The first-order valence-corrected chi connectivity index (χ1v) is 7.93. The smallest absolute Gasteiger partial charge is 0.436 e. The van der Waals surface area contributed by atoms with Crippen molar-refractivity contribution in [3.05, 3.63) is 47.3 Å². The summed E-state index contributed by atoms with van der Waals surface area (Å²) in [5, 5.41) is 0.198. The van der Waals surface area contributed by atoms with E-state index in [9.17, 15) is 4.39 Å². The molecule has 1 aromatic carbocycles. The maximum atomic E-state index is 14.4. The van der Waals surface area contributed by atoms with Crippen LogP contribution in [0.2, 0.25) is 5.02 Å². The summed E-state index contributed by atoms with van der Waals surface area (Å²) >= 11 is 5.75. The largest absolute Gasteiger partial charge is 0.494 e. The van der Waals surface area contributed by atoms with Crippen molar-refractivity contribution in [3.63, 3.8) is 0 Å². The summed E-state index contributed by atoms with van der Waals surface area (Å²) in [6.45, 7) is 7.74. The molecule has 2 aromatic rings. The van der Waals surface area contributed by atoms with Gasteiger partial charge in [0.2, 0.25) is 5.88 Å². The van der Waals surface area contributed by atoms with E-state index in [1.54, 1.807) is 6.07 Å². The van der Waals surface area contributed by atoms with Crippen LogP contribution in [0.5, 0.6) is 11.6 Å². The number of benzene rings is 1. The molecule has 24 heavy (non-hydrogen) atoms. The molecule has 0 radical (unpaired) electrons. The second-order valence-corrected chi connectivity index (χ2v) is 7.03. The van der Waals surface area contributed by atoms with Gasteiger partial charge in [0, 0.05) is 12.2 Å². The molecule has 0 saturated carbocycles. The zero-order valence-corrected chi connectivity index (χ0v) is 14.6. The molecule has 7 heteroatoms. The first kappa shape index (κ1) is 15.9. The molecule has 0 spiro atoms. The maximum Gasteiger partial charge on any atom is 0.494 e. The van der Waals surface area contributed by atoms with E-state index in [-0.39, 0.29) is 22.8 Å². The van der Waals surface area contributed by atoms with E-state index in [1.165, 1.54) is 24.3 Å². The third-order valence-corrected chi connectivity index (χ3v) is 4.55. The number of rotatable bonds is 3. The molecule has 0 atom stereocenters. The van der Waals surface area contributed by atoms with Crippen LogP contribution < -0.4 is 10.2 Å². The van der Waals surface area contributed by atoms with Crippen LogP contribution in [0.4, 0.5) is 4.39 Å². The molecule has 0 amide bonds. The molecule has 1 fully saturated rings. The number of halogens is 2. The maximum absolute atomic E-state index is 14.4. The Morgan fingerprint density at radius 2 is 1.83 bits per heavy atom. The molecule has 0 bridgehead atoms. The topological polar surface area (TPSA) is 40.6 Å². The molecule has 126 valence electrons. The molecule has 0 N–H and O–H groups in total.